The Kier molecular flexibility index (Phi) is 3.56. The van der Waals surface area contributed by atoms with Crippen molar-refractivity contribution < 1.29 is 13.9 Å². The lowest BCUT2D eigenvalue weighted by Crippen LogP contribution is -2.26. The molecule has 0 radical (unpaired) electrons. The largest absolute Gasteiger partial charge is 0.491 e. The van der Waals surface area contributed by atoms with Crippen LogP contribution in [0.2, 0.25) is 0 Å². The Morgan fingerprint density at radius 1 is 1.58 bits per heavy atom. The molecular weight excluding hydrogens is 249 g/mol. The second-order valence-electron chi connectivity index (χ2n) is 4.24. The molecule has 1 aromatic carbocycles. The van der Waals surface area contributed by atoms with E-state index in [4.69, 9.17) is 10.00 Å². The number of ether oxygens (including phenoxy) is 1. The highest BCUT2D eigenvalue weighted by Gasteiger charge is 2.36. The smallest absolute Gasteiger partial charge is 0.333 e. The molecule has 19 heavy (non-hydrogen) atoms. The fourth-order valence-electron chi connectivity index (χ4n) is 2.11. The van der Waals surface area contributed by atoms with Gasteiger partial charge >= 0.3 is 6.03 Å². The Labute approximate surface area is 110 Å². The van der Waals surface area contributed by atoms with Crippen molar-refractivity contribution in [3.63, 3.8) is 0 Å². The van der Waals surface area contributed by atoms with Gasteiger partial charge in [-0.05, 0) is 24.6 Å². The summed E-state index contributed by atoms with van der Waals surface area (Å²) in [4.78, 5) is 14.2. The number of rotatable bonds is 3. The van der Waals surface area contributed by atoms with E-state index in [-0.39, 0.29) is 24.4 Å². The van der Waals surface area contributed by atoms with Gasteiger partial charge < -0.3 is 9.64 Å². The summed E-state index contributed by atoms with van der Waals surface area (Å²) in [5, 5.41) is 8.82. The first-order valence-corrected chi connectivity index (χ1v) is 5.94. The van der Waals surface area contributed by atoms with Gasteiger partial charge in [-0.3, -0.25) is 0 Å². The summed E-state index contributed by atoms with van der Waals surface area (Å²) in [6.07, 6.45) is 1.81. The molecule has 6 heteroatoms. The normalized spacial score (nSPS) is 18.6. The topological polar surface area (TPSA) is 56.6 Å². The van der Waals surface area contributed by atoms with Crippen molar-refractivity contribution in [3.8, 4) is 11.9 Å². The zero-order chi connectivity index (χ0) is 14.0. The molecule has 0 aromatic heterocycles. The lowest BCUT2D eigenvalue weighted by Gasteiger charge is -2.18. The number of hydrogen-bond donors (Lipinski definition) is 0. The Morgan fingerprint density at radius 2 is 2.32 bits per heavy atom. The van der Waals surface area contributed by atoms with Gasteiger partial charge in [0.1, 0.15) is 0 Å². The summed E-state index contributed by atoms with van der Waals surface area (Å²) >= 11 is 0. The van der Waals surface area contributed by atoms with Gasteiger partial charge in [0, 0.05) is 7.05 Å². The molecule has 1 atom stereocenters. The molecule has 0 saturated carbocycles. The van der Waals surface area contributed by atoms with Crippen LogP contribution in [0.5, 0.6) is 5.75 Å². The Bertz CT molecular complexity index is 541. The van der Waals surface area contributed by atoms with Crippen LogP contribution in [0.4, 0.5) is 9.18 Å². The van der Waals surface area contributed by atoms with Crippen LogP contribution >= 0.6 is 0 Å². The number of carbonyl (C=O) groups excluding carboxylic acids is 1. The van der Waals surface area contributed by atoms with Crippen LogP contribution in [-0.2, 0) is 0 Å². The average Bonchev–Trinajstić information content (AvgIpc) is 2.69. The molecule has 2 amide bonds. The predicted octanol–water partition coefficient (Wildman–Crippen LogP) is 2.11. The third kappa shape index (κ3) is 2.32. The summed E-state index contributed by atoms with van der Waals surface area (Å²) in [5.74, 6) is -0.272. The van der Waals surface area contributed by atoms with Gasteiger partial charge in [0.2, 0.25) is 0 Å². The van der Waals surface area contributed by atoms with Gasteiger partial charge in [-0.15, -0.1) is 0 Å². The number of carbonyl (C=O) groups is 1. The number of urea groups is 1. The third-order valence-electron chi connectivity index (χ3n) is 3.12. The van der Waals surface area contributed by atoms with E-state index in [1.54, 1.807) is 26.1 Å². The van der Waals surface area contributed by atoms with E-state index < -0.39 is 5.82 Å². The lowest BCUT2D eigenvalue weighted by molar-refractivity contribution is 0.205. The minimum atomic E-state index is -0.462. The van der Waals surface area contributed by atoms with Crippen molar-refractivity contribution in [1.29, 1.82) is 5.26 Å². The maximum Gasteiger partial charge on any atom is 0.333 e. The predicted molar refractivity (Wildman–Crippen MR) is 65.8 cm³/mol. The molecule has 1 fully saturated rings. The first-order chi connectivity index (χ1) is 9.08. The van der Waals surface area contributed by atoms with E-state index in [1.807, 2.05) is 6.19 Å². The molecular formula is C13H14FN3O2. The summed E-state index contributed by atoms with van der Waals surface area (Å²) in [6.45, 7) is 2.40. The molecule has 0 spiro atoms. The Morgan fingerprint density at radius 3 is 2.84 bits per heavy atom. The minimum absolute atomic E-state index is 0.190. The monoisotopic (exact) mass is 263 g/mol. The van der Waals surface area contributed by atoms with Gasteiger partial charge in [-0.1, -0.05) is 6.07 Å². The molecule has 5 nitrogen and oxygen atoms in total. The van der Waals surface area contributed by atoms with Crippen LogP contribution in [0.15, 0.2) is 18.2 Å². The van der Waals surface area contributed by atoms with Crippen LogP contribution in [0, 0.1) is 17.3 Å². The summed E-state index contributed by atoms with van der Waals surface area (Å²) in [7, 11) is 1.60. The van der Waals surface area contributed by atoms with Gasteiger partial charge in [0.25, 0.3) is 0 Å². The lowest BCUT2D eigenvalue weighted by atomic mass is 10.1. The quantitative estimate of drug-likeness (QED) is 0.785. The van der Waals surface area contributed by atoms with Crippen molar-refractivity contribution in [1.82, 2.24) is 9.80 Å². The third-order valence-corrected chi connectivity index (χ3v) is 3.12. The molecule has 1 heterocycles. The highest BCUT2D eigenvalue weighted by Crippen LogP contribution is 2.30. The first kappa shape index (κ1) is 13.1. The molecule has 1 aliphatic heterocycles. The van der Waals surface area contributed by atoms with Crippen LogP contribution < -0.4 is 4.74 Å². The summed E-state index contributed by atoms with van der Waals surface area (Å²) in [5.41, 5.74) is 0.648. The number of likely N-dealkylation sites (N-methyl/N-ethyl adjacent to an activating group) is 1. The van der Waals surface area contributed by atoms with E-state index in [1.165, 1.54) is 11.0 Å². The number of amides is 2. The van der Waals surface area contributed by atoms with Crippen LogP contribution in [0.25, 0.3) is 0 Å². The molecule has 2 rings (SSSR count). The standard InChI is InChI=1S/C13H14FN3O2/c1-3-19-12-5-4-9(6-10(12)14)11-7-17(8-15)13(18)16(11)2/h4-6,11H,3,7H2,1-2H3. The average molecular weight is 263 g/mol. The van der Waals surface area contributed by atoms with E-state index in [2.05, 4.69) is 0 Å². The molecule has 1 saturated heterocycles. The van der Waals surface area contributed by atoms with E-state index >= 15 is 0 Å². The van der Waals surface area contributed by atoms with Gasteiger partial charge in [-0.2, -0.15) is 5.26 Å². The first-order valence-electron chi connectivity index (χ1n) is 5.94. The zero-order valence-electron chi connectivity index (χ0n) is 10.8. The molecule has 100 valence electrons. The van der Waals surface area contributed by atoms with Gasteiger partial charge in [0.15, 0.2) is 17.8 Å². The highest BCUT2D eigenvalue weighted by atomic mass is 19.1. The van der Waals surface area contributed by atoms with Crippen molar-refractivity contribution in [2.45, 2.75) is 13.0 Å². The number of hydrogen-bond acceptors (Lipinski definition) is 3. The summed E-state index contributed by atoms with van der Waals surface area (Å²) < 4.78 is 18.9. The van der Waals surface area contributed by atoms with Gasteiger partial charge in [-0.25, -0.2) is 14.1 Å². The number of benzene rings is 1. The molecule has 1 aliphatic rings. The number of nitrogens with zero attached hydrogens (tertiary/aromatic N) is 3. The fraction of sp³-hybridized carbons (Fsp3) is 0.385. The molecule has 0 N–H and O–H groups in total. The molecule has 0 bridgehead atoms. The van der Waals surface area contributed by atoms with E-state index in [0.717, 1.165) is 4.90 Å². The molecule has 1 unspecified atom stereocenters. The maximum atomic E-state index is 13.8. The van der Waals surface area contributed by atoms with Crippen molar-refractivity contribution >= 4 is 6.03 Å². The number of nitriles is 1. The summed E-state index contributed by atoms with van der Waals surface area (Å²) in [6, 6.07) is 3.91. The second kappa shape index (κ2) is 5.14. The Hall–Kier alpha value is -2.29. The maximum absolute atomic E-state index is 13.8. The minimum Gasteiger partial charge on any atom is -0.491 e. The second-order valence-corrected chi connectivity index (χ2v) is 4.24. The van der Waals surface area contributed by atoms with E-state index in [0.29, 0.717) is 12.2 Å². The van der Waals surface area contributed by atoms with Crippen molar-refractivity contribution in [2.24, 2.45) is 0 Å². The van der Waals surface area contributed by atoms with Crippen LogP contribution in [-0.4, -0.2) is 36.0 Å². The van der Waals surface area contributed by atoms with Crippen molar-refractivity contribution in [3.05, 3.63) is 29.6 Å². The van der Waals surface area contributed by atoms with Gasteiger partial charge in [0.05, 0.1) is 19.2 Å². The van der Waals surface area contributed by atoms with Crippen LogP contribution in [0.1, 0.15) is 18.5 Å². The number of halogens is 1. The van der Waals surface area contributed by atoms with E-state index in [9.17, 15) is 9.18 Å². The molecule has 1 aromatic rings. The molecule has 0 aliphatic carbocycles. The zero-order valence-corrected chi connectivity index (χ0v) is 10.8. The Balaban J connectivity index is 2.26. The highest BCUT2D eigenvalue weighted by molar-refractivity contribution is 5.78. The SMILES string of the molecule is CCOc1ccc(C2CN(C#N)C(=O)N2C)cc1F. The van der Waals surface area contributed by atoms with Crippen molar-refractivity contribution in [2.75, 3.05) is 20.2 Å². The van der Waals surface area contributed by atoms with Crippen LogP contribution in [0.3, 0.4) is 0 Å². The fourth-order valence-corrected chi connectivity index (χ4v) is 2.11.